The van der Waals surface area contributed by atoms with Crippen LogP contribution in [0.15, 0.2) is 6.33 Å². The van der Waals surface area contributed by atoms with Gasteiger partial charge in [-0.15, -0.1) is 10.2 Å². The standard InChI is InChI=1S/C8H14N4/c1-12-6-10-11-8(12)7-4-2-3-5-9-7/h6-7,9H,2-5H2,1H3/t7-/m1/s1. The van der Waals surface area contributed by atoms with Gasteiger partial charge in [0, 0.05) is 7.05 Å². The number of rotatable bonds is 1. The van der Waals surface area contributed by atoms with E-state index in [0.717, 1.165) is 12.4 Å². The molecule has 4 heteroatoms. The number of hydrogen-bond acceptors (Lipinski definition) is 3. The van der Waals surface area contributed by atoms with Gasteiger partial charge in [0.15, 0.2) is 0 Å². The first-order valence-electron chi connectivity index (χ1n) is 4.45. The molecule has 2 rings (SSSR count). The van der Waals surface area contributed by atoms with E-state index >= 15 is 0 Å². The molecule has 0 spiro atoms. The van der Waals surface area contributed by atoms with E-state index in [1.807, 2.05) is 11.6 Å². The molecule has 1 saturated heterocycles. The van der Waals surface area contributed by atoms with Crippen molar-refractivity contribution in [2.45, 2.75) is 25.3 Å². The second-order valence-corrected chi connectivity index (χ2v) is 3.30. The first kappa shape index (κ1) is 7.73. The maximum absolute atomic E-state index is 4.09. The Morgan fingerprint density at radius 2 is 2.50 bits per heavy atom. The van der Waals surface area contributed by atoms with Gasteiger partial charge in [-0.3, -0.25) is 0 Å². The molecule has 1 aliphatic heterocycles. The van der Waals surface area contributed by atoms with Gasteiger partial charge in [-0.05, 0) is 19.4 Å². The second kappa shape index (κ2) is 3.23. The van der Waals surface area contributed by atoms with Crippen LogP contribution in [0.3, 0.4) is 0 Å². The van der Waals surface area contributed by atoms with E-state index in [2.05, 4.69) is 15.5 Å². The van der Waals surface area contributed by atoms with Gasteiger partial charge in [0.05, 0.1) is 6.04 Å². The van der Waals surface area contributed by atoms with Crippen LogP contribution < -0.4 is 5.32 Å². The molecule has 1 atom stereocenters. The normalized spacial score (nSPS) is 24.2. The zero-order valence-electron chi connectivity index (χ0n) is 7.32. The highest BCUT2D eigenvalue weighted by Crippen LogP contribution is 2.19. The zero-order valence-corrected chi connectivity index (χ0v) is 7.32. The van der Waals surface area contributed by atoms with Crippen LogP contribution in [-0.4, -0.2) is 21.3 Å². The Morgan fingerprint density at radius 3 is 3.08 bits per heavy atom. The van der Waals surface area contributed by atoms with Crippen LogP contribution in [0.4, 0.5) is 0 Å². The Balaban J connectivity index is 2.13. The van der Waals surface area contributed by atoms with Crippen LogP contribution in [0.1, 0.15) is 31.1 Å². The average molecular weight is 166 g/mol. The van der Waals surface area contributed by atoms with E-state index in [1.165, 1.54) is 19.3 Å². The van der Waals surface area contributed by atoms with Gasteiger partial charge in [0.1, 0.15) is 12.2 Å². The monoisotopic (exact) mass is 166 g/mol. The molecule has 0 aliphatic carbocycles. The van der Waals surface area contributed by atoms with Crippen molar-refractivity contribution in [1.82, 2.24) is 20.1 Å². The summed E-state index contributed by atoms with van der Waals surface area (Å²) < 4.78 is 1.99. The summed E-state index contributed by atoms with van der Waals surface area (Å²) in [5.74, 6) is 1.06. The smallest absolute Gasteiger partial charge is 0.149 e. The van der Waals surface area contributed by atoms with Gasteiger partial charge < -0.3 is 9.88 Å². The van der Waals surface area contributed by atoms with E-state index in [-0.39, 0.29) is 0 Å². The Bertz CT molecular complexity index is 249. The average Bonchev–Trinajstić information content (AvgIpc) is 2.53. The first-order valence-corrected chi connectivity index (χ1v) is 4.45. The number of nitrogens with zero attached hydrogens (tertiary/aromatic N) is 3. The summed E-state index contributed by atoms with van der Waals surface area (Å²) >= 11 is 0. The third-order valence-corrected chi connectivity index (χ3v) is 2.37. The maximum atomic E-state index is 4.09. The topological polar surface area (TPSA) is 42.7 Å². The molecule has 0 amide bonds. The lowest BCUT2D eigenvalue weighted by Crippen LogP contribution is -2.28. The van der Waals surface area contributed by atoms with Crippen molar-refractivity contribution in [2.24, 2.45) is 7.05 Å². The number of piperidine rings is 1. The molecule has 0 saturated carbocycles. The molecule has 2 heterocycles. The van der Waals surface area contributed by atoms with Crippen molar-refractivity contribution in [1.29, 1.82) is 0 Å². The molecular formula is C8H14N4. The molecule has 0 bridgehead atoms. The molecule has 1 N–H and O–H groups in total. The van der Waals surface area contributed by atoms with E-state index in [0.29, 0.717) is 6.04 Å². The summed E-state index contributed by atoms with van der Waals surface area (Å²) in [5, 5.41) is 11.4. The van der Waals surface area contributed by atoms with Gasteiger partial charge in [0.2, 0.25) is 0 Å². The van der Waals surface area contributed by atoms with Gasteiger partial charge in [0.25, 0.3) is 0 Å². The van der Waals surface area contributed by atoms with Crippen molar-refractivity contribution in [2.75, 3.05) is 6.54 Å². The Labute approximate surface area is 72.0 Å². The summed E-state index contributed by atoms with van der Waals surface area (Å²) in [7, 11) is 1.99. The van der Waals surface area contributed by atoms with Crippen LogP contribution in [0, 0.1) is 0 Å². The number of aryl methyl sites for hydroxylation is 1. The third-order valence-electron chi connectivity index (χ3n) is 2.37. The molecule has 66 valence electrons. The van der Waals surface area contributed by atoms with E-state index in [9.17, 15) is 0 Å². The molecule has 0 radical (unpaired) electrons. The molecule has 1 fully saturated rings. The van der Waals surface area contributed by atoms with Crippen molar-refractivity contribution < 1.29 is 0 Å². The van der Waals surface area contributed by atoms with Gasteiger partial charge in [-0.25, -0.2) is 0 Å². The SMILES string of the molecule is Cn1cnnc1[C@H]1CCCCN1. The minimum atomic E-state index is 0.422. The number of aromatic nitrogens is 3. The summed E-state index contributed by atoms with van der Waals surface area (Å²) in [5.41, 5.74) is 0. The second-order valence-electron chi connectivity index (χ2n) is 3.30. The molecule has 1 aromatic heterocycles. The summed E-state index contributed by atoms with van der Waals surface area (Å²) in [4.78, 5) is 0. The highest BCUT2D eigenvalue weighted by atomic mass is 15.3. The molecule has 4 nitrogen and oxygen atoms in total. The zero-order chi connectivity index (χ0) is 8.39. The number of hydrogen-bond donors (Lipinski definition) is 1. The third kappa shape index (κ3) is 1.34. The molecule has 12 heavy (non-hydrogen) atoms. The largest absolute Gasteiger partial charge is 0.319 e. The predicted molar refractivity (Wildman–Crippen MR) is 45.6 cm³/mol. The lowest BCUT2D eigenvalue weighted by molar-refractivity contribution is 0.389. The summed E-state index contributed by atoms with van der Waals surface area (Å²) in [6.07, 6.45) is 5.52. The van der Waals surface area contributed by atoms with Crippen LogP contribution in [-0.2, 0) is 7.05 Å². The van der Waals surface area contributed by atoms with Crippen LogP contribution in [0.25, 0.3) is 0 Å². The molecule has 0 aromatic carbocycles. The minimum Gasteiger partial charge on any atom is -0.319 e. The summed E-state index contributed by atoms with van der Waals surface area (Å²) in [6.45, 7) is 1.11. The fourth-order valence-electron chi connectivity index (χ4n) is 1.68. The Morgan fingerprint density at radius 1 is 1.58 bits per heavy atom. The first-order chi connectivity index (χ1) is 5.88. The van der Waals surface area contributed by atoms with Crippen LogP contribution in [0.2, 0.25) is 0 Å². The molecule has 1 aromatic rings. The lowest BCUT2D eigenvalue weighted by Gasteiger charge is -2.22. The van der Waals surface area contributed by atoms with E-state index in [4.69, 9.17) is 0 Å². The highest BCUT2D eigenvalue weighted by molar-refractivity contribution is 4.95. The predicted octanol–water partition coefficient (Wildman–Crippen LogP) is 0.630. The quantitative estimate of drug-likeness (QED) is 0.665. The number of nitrogens with one attached hydrogen (secondary N) is 1. The van der Waals surface area contributed by atoms with Gasteiger partial charge >= 0.3 is 0 Å². The molecule has 0 unspecified atom stereocenters. The molecular weight excluding hydrogens is 152 g/mol. The van der Waals surface area contributed by atoms with Gasteiger partial charge in [-0.1, -0.05) is 6.42 Å². The highest BCUT2D eigenvalue weighted by Gasteiger charge is 2.18. The Kier molecular flexibility index (Phi) is 2.08. The van der Waals surface area contributed by atoms with Crippen molar-refractivity contribution in [3.8, 4) is 0 Å². The van der Waals surface area contributed by atoms with Crippen molar-refractivity contribution in [3.63, 3.8) is 0 Å². The van der Waals surface area contributed by atoms with Crippen molar-refractivity contribution in [3.05, 3.63) is 12.2 Å². The van der Waals surface area contributed by atoms with Gasteiger partial charge in [-0.2, -0.15) is 0 Å². The van der Waals surface area contributed by atoms with E-state index in [1.54, 1.807) is 6.33 Å². The summed E-state index contributed by atoms with van der Waals surface area (Å²) in [6, 6.07) is 0.422. The fraction of sp³-hybridized carbons (Fsp3) is 0.750. The maximum Gasteiger partial charge on any atom is 0.149 e. The van der Waals surface area contributed by atoms with Crippen LogP contribution >= 0.6 is 0 Å². The fourth-order valence-corrected chi connectivity index (χ4v) is 1.68. The van der Waals surface area contributed by atoms with E-state index < -0.39 is 0 Å². The van der Waals surface area contributed by atoms with Crippen molar-refractivity contribution >= 4 is 0 Å². The molecule has 1 aliphatic rings. The van der Waals surface area contributed by atoms with Crippen LogP contribution in [0.5, 0.6) is 0 Å². The minimum absolute atomic E-state index is 0.422. The lowest BCUT2D eigenvalue weighted by atomic mass is 10.0. The Hall–Kier alpha value is -0.900.